The first-order valence-electron chi connectivity index (χ1n) is 12.1. The highest BCUT2D eigenvalue weighted by atomic mass is 32.1. The fourth-order valence-corrected chi connectivity index (χ4v) is 5.59. The van der Waals surface area contributed by atoms with E-state index in [1.807, 2.05) is 35.9 Å². The molecular weight excluding hydrogens is 460 g/mol. The highest BCUT2D eigenvalue weighted by Crippen LogP contribution is 2.32. The molecule has 9 heteroatoms. The van der Waals surface area contributed by atoms with Crippen molar-refractivity contribution in [2.24, 2.45) is 0 Å². The van der Waals surface area contributed by atoms with Gasteiger partial charge in [-0.3, -0.25) is 9.69 Å². The van der Waals surface area contributed by atoms with E-state index >= 15 is 0 Å². The van der Waals surface area contributed by atoms with E-state index in [9.17, 15) is 4.79 Å². The molecule has 0 amide bonds. The van der Waals surface area contributed by atoms with E-state index in [1.54, 1.807) is 11.3 Å². The zero-order chi connectivity index (χ0) is 24.6. The van der Waals surface area contributed by atoms with Crippen molar-refractivity contribution in [3.05, 3.63) is 74.0 Å². The van der Waals surface area contributed by atoms with Crippen LogP contribution in [0, 0.1) is 6.92 Å². The summed E-state index contributed by atoms with van der Waals surface area (Å²) in [5.74, 6) is 0.657. The van der Waals surface area contributed by atoms with Crippen molar-refractivity contribution in [1.29, 1.82) is 0 Å². The van der Waals surface area contributed by atoms with Gasteiger partial charge in [0.25, 0.3) is 5.56 Å². The van der Waals surface area contributed by atoms with E-state index in [1.165, 1.54) is 4.88 Å². The molecule has 1 aliphatic rings. The number of hydrogen-bond donors (Lipinski definition) is 1. The van der Waals surface area contributed by atoms with Gasteiger partial charge in [-0.1, -0.05) is 24.3 Å². The van der Waals surface area contributed by atoms with Gasteiger partial charge in [0.1, 0.15) is 6.04 Å². The molecule has 0 aliphatic carbocycles. The molecule has 184 valence electrons. The molecule has 5 rings (SSSR count). The lowest BCUT2D eigenvalue weighted by Crippen LogP contribution is -2.40. The van der Waals surface area contributed by atoms with Crippen LogP contribution in [-0.2, 0) is 16.8 Å². The number of nitrogens with one attached hydrogen (secondary N) is 1. The van der Waals surface area contributed by atoms with E-state index in [0.717, 1.165) is 35.9 Å². The summed E-state index contributed by atoms with van der Waals surface area (Å²) in [4.78, 5) is 20.3. The molecule has 0 radical (unpaired) electrons. The molecule has 1 aliphatic heterocycles. The number of hydrogen-bond acceptors (Lipinski definition) is 7. The van der Waals surface area contributed by atoms with E-state index in [4.69, 9.17) is 4.74 Å². The minimum Gasteiger partial charge on any atom is -0.377 e. The van der Waals surface area contributed by atoms with Crippen molar-refractivity contribution < 1.29 is 4.74 Å². The Kier molecular flexibility index (Phi) is 6.57. The molecule has 8 nitrogen and oxygen atoms in total. The summed E-state index contributed by atoms with van der Waals surface area (Å²) < 4.78 is 7.88. The van der Waals surface area contributed by atoms with Crippen molar-refractivity contribution in [2.45, 2.75) is 64.8 Å². The molecule has 0 unspecified atom stereocenters. The highest BCUT2D eigenvalue weighted by molar-refractivity contribution is 7.09. The Hall–Kier alpha value is -2.88. The lowest BCUT2D eigenvalue weighted by atomic mass is 10.00. The molecule has 3 aromatic heterocycles. The van der Waals surface area contributed by atoms with Crippen LogP contribution in [0.1, 0.15) is 61.5 Å². The summed E-state index contributed by atoms with van der Waals surface area (Å²) in [6, 6.07) is 11.8. The van der Waals surface area contributed by atoms with Crippen molar-refractivity contribution >= 4 is 22.2 Å². The fraction of sp³-hybridized carbons (Fsp3) is 0.462. The van der Waals surface area contributed by atoms with Gasteiger partial charge < -0.3 is 9.72 Å². The smallest absolute Gasteiger partial charge is 0.253 e. The van der Waals surface area contributed by atoms with E-state index in [-0.39, 0.29) is 17.2 Å². The third-order valence-corrected chi connectivity index (χ3v) is 7.41. The highest BCUT2D eigenvalue weighted by Gasteiger charge is 2.35. The number of H-pyrrole nitrogens is 1. The average Bonchev–Trinajstić information content (AvgIpc) is 3.58. The number of nitrogens with zero attached hydrogens (tertiary/aromatic N) is 5. The van der Waals surface area contributed by atoms with Crippen molar-refractivity contribution in [3.63, 3.8) is 0 Å². The van der Waals surface area contributed by atoms with Crippen molar-refractivity contribution in [1.82, 2.24) is 30.1 Å². The second kappa shape index (κ2) is 9.64. The van der Waals surface area contributed by atoms with Gasteiger partial charge in [0.05, 0.1) is 17.2 Å². The van der Waals surface area contributed by atoms with E-state index < -0.39 is 6.04 Å². The van der Waals surface area contributed by atoms with Crippen molar-refractivity contribution in [3.8, 4) is 0 Å². The topological polar surface area (TPSA) is 88.9 Å². The maximum absolute atomic E-state index is 13.6. The number of pyridine rings is 1. The van der Waals surface area contributed by atoms with Crippen LogP contribution in [0.5, 0.6) is 0 Å². The number of fused-ring (bicyclic) bond motifs is 1. The molecule has 1 fully saturated rings. The molecule has 0 saturated carbocycles. The Bertz CT molecular complexity index is 1350. The normalized spacial score (nSPS) is 17.5. The standard InChI is InChI=1S/C26H32N6O2S/c1-17-8-5-9-18-14-21(25(33)27-22(17)18)23(24-28-29-30-32(24)26(2,3)4)31(15-19-10-6-12-34-19)16-20-11-7-13-35-20/h5,7-9,11,13-14,19,23H,6,10,12,15-16H2,1-4H3,(H,27,33)/t19-,23-/m1/s1. The van der Waals surface area contributed by atoms with Crippen LogP contribution in [0.3, 0.4) is 0 Å². The molecule has 1 N–H and O–H groups in total. The largest absolute Gasteiger partial charge is 0.377 e. The molecular formula is C26H32N6O2S. The monoisotopic (exact) mass is 492 g/mol. The van der Waals surface area contributed by atoms with Gasteiger partial charge in [0.2, 0.25) is 0 Å². The molecule has 1 aromatic carbocycles. The number of aromatic amines is 1. The SMILES string of the molecule is Cc1cccc2cc([C@H](c3nnnn3C(C)(C)C)N(Cc3cccs3)C[C@H]3CCCO3)c(=O)[nH]c12. The van der Waals surface area contributed by atoms with Crippen LogP contribution in [0.25, 0.3) is 10.9 Å². The summed E-state index contributed by atoms with van der Waals surface area (Å²) >= 11 is 1.71. The number of aromatic nitrogens is 5. The average molecular weight is 493 g/mol. The van der Waals surface area contributed by atoms with Gasteiger partial charge in [-0.05, 0) is 79.4 Å². The third-order valence-electron chi connectivity index (χ3n) is 6.55. The summed E-state index contributed by atoms with van der Waals surface area (Å²) in [6.45, 7) is 10.4. The van der Waals surface area contributed by atoms with Crippen LogP contribution >= 0.6 is 11.3 Å². The van der Waals surface area contributed by atoms with Gasteiger partial charge in [-0.2, -0.15) is 0 Å². The second-order valence-electron chi connectivity index (χ2n) is 10.3. The lowest BCUT2D eigenvalue weighted by molar-refractivity contribution is 0.0569. The predicted molar refractivity (Wildman–Crippen MR) is 138 cm³/mol. The Balaban J connectivity index is 1.70. The molecule has 2 atom stereocenters. The zero-order valence-electron chi connectivity index (χ0n) is 20.7. The van der Waals surface area contributed by atoms with Crippen LogP contribution in [-0.4, -0.2) is 49.3 Å². The summed E-state index contributed by atoms with van der Waals surface area (Å²) in [5, 5.41) is 16.0. The fourth-order valence-electron chi connectivity index (χ4n) is 4.86. The van der Waals surface area contributed by atoms with Crippen LogP contribution in [0.15, 0.2) is 46.6 Å². The Morgan fingerprint density at radius 3 is 2.86 bits per heavy atom. The first-order valence-corrected chi connectivity index (χ1v) is 13.0. The van der Waals surface area contributed by atoms with E-state index in [0.29, 0.717) is 24.5 Å². The number of rotatable bonds is 7. The number of ether oxygens (including phenoxy) is 1. The Labute approximate surface area is 208 Å². The molecule has 0 bridgehead atoms. The number of benzene rings is 1. The number of thiophene rings is 1. The van der Waals surface area contributed by atoms with Crippen LogP contribution in [0.2, 0.25) is 0 Å². The second-order valence-corrected chi connectivity index (χ2v) is 11.3. The molecule has 4 heterocycles. The Morgan fingerprint density at radius 2 is 2.14 bits per heavy atom. The summed E-state index contributed by atoms with van der Waals surface area (Å²) in [6.07, 6.45) is 2.17. The number of para-hydroxylation sites is 1. The Morgan fingerprint density at radius 1 is 1.29 bits per heavy atom. The molecule has 4 aromatic rings. The third kappa shape index (κ3) is 4.94. The van der Waals surface area contributed by atoms with E-state index in [2.05, 4.69) is 63.7 Å². The van der Waals surface area contributed by atoms with Crippen LogP contribution < -0.4 is 5.56 Å². The van der Waals surface area contributed by atoms with Crippen molar-refractivity contribution in [2.75, 3.05) is 13.2 Å². The lowest BCUT2D eigenvalue weighted by Gasteiger charge is -2.34. The maximum Gasteiger partial charge on any atom is 0.253 e. The van der Waals surface area contributed by atoms with Gasteiger partial charge in [-0.15, -0.1) is 16.4 Å². The maximum atomic E-state index is 13.6. The van der Waals surface area contributed by atoms with Gasteiger partial charge >= 0.3 is 0 Å². The summed E-state index contributed by atoms with van der Waals surface area (Å²) in [5.41, 5.74) is 2.06. The molecule has 0 spiro atoms. The van der Waals surface area contributed by atoms with Gasteiger partial charge in [0.15, 0.2) is 5.82 Å². The molecule has 35 heavy (non-hydrogen) atoms. The van der Waals surface area contributed by atoms with Gasteiger partial charge in [-0.25, -0.2) is 4.68 Å². The summed E-state index contributed by atoms with van der Waals surface area (Å²) in [7, 11) is 0. The first-order chi connectivity index (χ1) is 16.8. The quantitative estimate of drug-likeness (QED) is 0.411. The van der Waals surface area contributed by atoms with Gasteiger partial charge in [0, 0.05) is 30.1 Å². The van der Waals surface area contributed by atoms with Crippen LogP contribution in [0.4, 0.5) is 0 Å². The zero-order valence-corrected chi connectivity index (χ0v) is 21.5. The predicted octanol–water partition coefficient (Wildman–Crippen LogP) is 4.41. The number of aryl methyl sites for hydroxylation is 1. The molecule has 1 saturated heterocycles. The first kappa shape index (κ1) is 23.8. The number of tetrazole rings is 1. The minimum atomic E-state index is -0.441. The minimum absolute atomic E-state index is 0.109.